The molecular weight excluding hydrogens is 415 g/mol. The zero-order valence-corrected chi connectivity index (χ0v) is 17.7. The largest absolute Gasteiger partial charge is 0.342 e. The smallest absolute Gasteiger partial charge is 0.239 e. The van der Waals surface area contributed by atoms with Crippen LogP contribution in [0.15, 0.2) is 83.9 Å². The number of nitrogens with one attached hydrogen (secondary N) is 1. The summed E-state index contributed by atoms with van der Waals surface area (Å²) in [5, 5.41) is 3.08. The fourth-order valence-electron chi connectivity index (χ4n) is 3.54. The van der Waals surface area contributed by atoms with Crippen LogP contribution in [0.25, 0.3) is 10.9 Å². The van der Waals surface area contributed by atoms with Crippen molar-refractivity contribution in [3.8, 4) is 0 Å². The van der Waals surface area contributed by atoms with Gasteiger partial charge in [-0.3, -0.25) is 4.79 Å². The van der Waals surface area contributed by atoms with E-state index < -0.39 is 27.3 Å². The van der Waals surface area contributed by atoms with Gasteiger partial charge in [0.15, 0.2) is 9.84 Å². The van der Waals surface area contributed by atoms with Gasteiger partial charge in [0.25, 0.3) is 0 Å². The molecule has 0 bridgehead atoms. The Morgan fingerprint density at radius 3 is 2.39 bits per heavy atom. The number of anilines is 1. The van der Waals surface area contributed by atoms with Crippen molar-refractivity contribution in [1.29, 1.82) is 0 Å². The predicted molar refractivity (Wildman–Crippen MR) is 119 cm³/mol. The van der Waals surface area contributed by atoms with E-state index in [1.54, 1.807) is 18.3 Å². The lowest BCUT2D eigenvalue weighted by atomic mass is 10.1. The zero-order valence-electron chi connectivity index (χ0n) is 16.9. The van der Waals surface area contributed by atoms with Gasteiger partial charge >= 0.3 is 0 Å². The number of sulfone groups is 1. The van der Waals surface area contributed by atoms with Crippen molar-refractivity contribution in [2.45, 2.75) is 18.4 Å². The molecule has 0 saturated carbocycles. The maximum Gasteiger partial charge on any atom is 0.239 e. The molecule has 1 aromatic heterocycles. The van der Waals surface area contributed by atoms with Crippen molar-refractivity contribution < 1.29 is 17.6 Å². The average Bonchev–Trinajstić information content (AvgIpc) is 3.11. The van der Waals surface area contributed by atoms with Crippen molar-refractivity contribution in [3.63, 3.8) is 0 Å². The second-order valence-electron chi connectivity index (χ2n) is 7.38. The first-order chi connectivity index (χ1) is 14.8. The summed E-state index contributed by atoms with van der Waals surface area (Å²) < 4.78 is 41.1. The number of hydrogen-bond acceptors (Lipinski definition) is 3. The van der Waals surface area contributed by atoms with Crippen molar-refractivity contribution in [2.24, 2.45) is 0 Å². The molecule has 0 aliphatic carbocycles. The van der Waals surface area contributed by atoms with E-state index in [0.717, 1.165) is 16.6 Å². The number of nitrogens with zero attached hydrogens (tertiary/aromatic N) is 1. The SMILES string of the molecule is Cc1ccccc1Cn1cc(S(=O)(=O)CC(=O)Nc2ccc(F)cc2)c2ccccc21. The van der Waals surface area contributed by atoms with Gasteiger partial charge in [-0.2, -0.15) is 0 Å². The fourth-order valence-corrected chi connectivity index (χ4v) is 4.91. The Hall–Kier alpha value is -3.45. The molecule has 7 heteroatoms. The van der Waals surface area contributed by atoms with E-state index in [0.29, 0.717) is 17.6 Å². The number of para-hydroxylation sites is 1. The predicted octanol–water partition coefficient (Wildman–Crippen LogP) is 4.55. The molecule has 5 nitrogen and oxygen atoms in total. The van der Waals surface area contributed by atoms with Gasteiger partial charge in [-0.05, 0) is 48.4 Å². The first kappa shape index (κ1) is 20.8. The lowest BCUT2D eigenvalue weighted by Crippen LogP contribution is -2.23. The van der Waals surface area contributed by atoms with Crippen LogP contribution >= 0.6 is 0 Å². The molecule has 158 valence electrons. The summed E-state index contributed by atoms with van der Waals surface area (Å²) in [5.41, 5.74) is 3.32. The Labute approximate surface area is 180 Å². The Bertz CT molecular complexity index is 1360. The summed E-state index contributed by atoms with van der Waals surface area (Å²) in [6.07, 6.45) is 1.59. The monoisotopic (exact) mass is 436 g/mol. The molecule has 1 amide bonds. The third kappa shape index (κ3) is 4.51. The molecule has 31 heavy (non-hydrogen) atoms. The number of aryl methyl sites for hydroxylation is 1. The first-order valence-corrected chi connectivity index (χ1v) is 11.4. The quantitative estimate of drug-likeness (QED) is 0.482. The highest BCUT2D eigenvalue weighted by atomic mass is 32.2. The van der Waals surface area contributed by atoms with Crippen molar-refractivity contribution >= 4 is 32.3 Å². The Kier molecular flexibility index (Phi) is 5.61. The molecule has 0 aliphatic heterocycles. The van der Waals surface area contributed by atoms with Gasteiger partial charge in [0.05, 0.1) is 4.90 Å². The Morgan fingerprint density at radius 1 is 0.968 bits per heavy atom. The van der Waals surface area contributed by atoms with Crippen LogP contribution < -0.4 is 5.32 Å². The molecule has 0 saturated heterocycles. The van der Waals surface area contributed by atoms with Crippen molar-refractivity contribution in [3.05, 3.63) is 95.9 Å². The molecule has 3 aromatic carbocycles. The van der Waals surface area contributed by atoms with E-state index in [1.165, 1.54) is 24.3 Å². The Balaban J connectivity index is 1.64. The zero-order chi connectivity index (χ0) is 22.0. The maximum absolute atomic E-state index is 13.1. The minimum Gasteiger partial charge on any atom is -0.342 e. The van der Waals surface area contributed by atoms with Gasteiger partial charge in [-0.1, -0.05) is 42.5 Å². The summed E-state index contributed by atoms with van der Waals surface area (Å²) in [6.45, 7) is 2.53. The molecule has 4 aromatic rings. The Morgan fingerprint density at radius 2 is 1.65 bits per heavy atom. The minimum absolute atomic E-state index is 0.117. The molecular formula is C24H21FN2O3S. The summed E-state index contributed by atoms with van der Waals surface area (Å²) in [4.78, 5) is 12.5. The van der Waals surface area contributed by atoms with Crippen LogP contribution in [0, 0.1) is 12.7 Å². The third-order valence-corrected chi connectivity index (χ3v) is 6.78. The van der Waals surface area contributed by atoms with E-state index in [1.807, 2.05) is 47.9 Å². The van der Waals surface area contributed by atoms with Gasteiger partial charge in [-0.25, -0.2) is 12.8 Å². The second-order valence-corrected chi connectivity index (χ2v) is 9.34. The molecule has 0 aliphatic rings. The molecule has 0 unspecified atom stereocenters. The topological polar surface area (TPSA) is 68.2 Å². The van der Waals surface area contributed by atoms with Gasteiger partial charge in [0, 0.05) is 29.3 Å². The van der Waals surface area contributed by atoms with Crippen LogP contribution in [-0.4, -0.2) is 24.6 Å². The molecule has 0 fully saturated rings. The maximum atomic E-state index is 13.1. The number of benzene rings is 3. The van der Waals surface area contributed by atoms with Gasteiger partial charge in [-0.15, -0.1) is 0 Å². The molecule has 0 atom stereocenters. The lowest BCUT2D eigenvalue weighted by molar-refractivity contribution is -0.113. The van der Waals surface area contributed by atoms with Crippen LogP contribution in [0.3, 0.4) is 0 Å². The summed E-state index contributed by atoms with van der Waals surface area (Å²) in [6, 6.07) is 20.3. The number of amides is 1. The van der Waals surface area contributed by atoms with E-state index in [9.17, 15) is 17.6 Å². The van der Waals surface area contributed by atoms with E-state index >= 15 is 0 Å². The standard InChI is InChI=1S/C24H21FN2O3S/c1-17-6-2-3-7-18(17)14-27-15-23(21-8-4-5-9-22(21)27)31(29,30)16-24(28)26-20-12-10-19(25)11-13-20/h2-13,15H,14,16H2,1H3,(H,26,28). The molecule has 0 spiro atoms. The fraction of sp³-hybridized carbons (Fsp3) is 0.125. The highest BCUT2D eigenvalue weighted by Gasteiger charge is 2.24. The minimum atomic E-state index is -3.90. The van der Waals surface area contributed by atoms with Gasteiger partial charge in [0.1, 0.15) is 11.6 Å². The number of carbonyl (C=O) groups excluding carboxylic acids is 1. The number of halogens is 1. The molecule has 1 N–H and O–H groups in total. The normalized spacial score (nSPS) is 11.5. The van der Waals surface area contributed by atoms with E-state index in [4.69, 9.17) is 0 Å². The van der Waals surface area contributed by atoms with Crippen molar-refractivity contribution in [2.75, 3.05) is 11.1 Å². The highest BCUT2D eigenvalue weighted by molar-refractivity contribution is 7.92. The number of hydrogen-bond donors (Lipinski definition) is 1. The van der Waals surface area contributed by atoms with Crippen LogP contribution in [0.2, 0.25) is 0 Å². The lowest BCUT2D eigenvalue weighted by Gasteiger charge is -2.08. The highest BCUT2D eigenvalue weighted by Crippen LogP contribution is 2.27. The second kappa shape index (κ2) is 8.35. The summed E-state index contributed by atoms with van der Waals surface area (Å²) in [7, 11) is -3.90. The van der Waals surface area contributed by atoms with Crippen LogP contribution in [0.4, 0.5) is 10.1 Å². The van der Waals surface area contributed by atoms with E-state index in [-0.39, 0.29) is 4.90 Å². The van der Waals surface area contributed by atoms with Gasteiger partial charge in [0.2, 0.25) is 5.91 Å². The number of rotatable bonds is 6. The summed E-state index contributed by atoms with van der Waals surface area (Å²) in [5.74, 6) is -1.82. The van der Waals surface area contributed by atoms with Crippen LogP contribution in [0.1, 0.15) is 11.1 Å². The number of aromatic nitrogens is 1. The third-order valence-electron chi connectivity index (χ3n) is 5.14. The van der Waals surface area contributed by atoms with Crippen LogP contribution in [0.5, 0.6) is 0 Å². The molecule has 0 radical (unpaired) electrons. The summed E-state index contributed by atoms with van der Waals surface area (Å²) >= 11 is 0. The van der Waals surface area contributed by atoms with Crippen molar-refractivity contribution in [1.82, 2.24) is 4.57 Å². The number of fused-ring (bicyclic) bond motifs is 1. The van der Waals surface area contributed by atoms with Crippen LogP contribution in [-0.2, 0) is 21.2 Å². The van der Waals surface area contributed by atoms with E-state index in [2.05, 4.69) is 5.32 Å². The molecule has 1 heterocycles. The molecule has 4 rings (SSSR count). The number of carbonyl (C=O) groups is 1. The average molecular weight is 437 g/mol. The first-order valence-electron chi connectivity index (χ1n) is 9.74. The van der Waals surface area contributed by atoms with Gasteiger partial charge < -0.3 is 9.88 Å².